The highest BCUT2D eigenvalue weighted by Gasteiger charge is 2.13. The molecule has 6 heteroatoms. The van der Waals surface area contributed by atoms with Gasteiger partial charge in [-0.15, -0.1) is 0 Å². The molecule has 0 saturated heterocycles. The van der Waals surface area contributed by atoms with E-state index in [-0.39, 0.29) is 22.4 Å². The van der Waals surface area contributed by atoms with Gasteiger partial charge in [-0.3, -0.25) is 0 Å². The van der Waals surface area contributed by atoms with E-state index in [1.165, 1.54) is 24.3 Å². The predicted molar refractivity (Wildman–Crippen MR) is 103 cm³/mol. The molecule has 1 aromatic carbocycles. The number of carbonyl (C=O) groups excluding carboxylic acids is 1. The summed E-state index contributed by atoms with van der Waals surface area (Å²) in [7, 11) is -3.26. The molecule has 0 radical (unpaired) electrons. The summed E-state index contributed by atoms with van der Waals surface area (Å²) < 4.78 is 29.3. The third-order valence-corrected chi connectivity index (χ3v) is 5.90. The number of carbonyl (C=O) groups is 1. The number of rotatable bonds is 13. The van der Waals surface area contributed by atoms with Gasteiger partial charge in [0.2, 0.25) is 0 Å². The second-order valence-electron chi connectivity index (χ2n) is 6.56. The molecule has 0 aromatic heterocycles. The Bertz CT molecular complexity index is 662. The fourth-order valence-corrected chi connectivity index (χ4v) is 3.88. The van der Waals surface area contributed by atoms with Gasteiger partial charge in [0, 0.05) is 5.57 Å². The van der Waals surface area contributed by atoms with Gasteiger partial charge in [-0.2, -0.15) is 0 Å². The van der Waals surface area contributed by atoms with Crippen molar-refractivity contribution < 1.29 is 23.1 Å². The third-order valence-electron chi connectivity index (χ3n) is 4.08. The van der Waals surface area contributed by atoms with Gasteiger partial charge >= 0.3 is 5.97 Å². The maximum absolute atomic E-state index is 12.1. The summed E-state index contributed by atoms with van der Waals surface area (Å²) in [5.41, 5.74) is 0.428. The van der Waals surface area contributed by atoms with Crippen LogP contribution in [0.15, 0.2) is 41.3 Å². The van der Waals surface area contributed by atoms with Crippen molar-refractivity contribution in [3.8, 4) is 5.75 Å². The molecule has 5 nitrogen and oxygen atoms in total. The minimum atomic E-state index is -3.26. The Hall–Kier alpha value is -1.82. The van der Waals surface area contributed by atoms with E-state index in [0.29, 0.717) is 18.6 Å². The zero-order chi connectivity index (χ0) is 19.4. The fourth-order valence-electron chi connectivity index (χ4n) is 2.51. The van der Waals surface area contributed by atoms with Crippen LogP contribution in [0.2, 0.25) is 0 Å². The van der Waals surface area contributed by atoms with Crippen molar-refractivity contribution in [2.45, 2.75) is 63.2 Å². The minimum Gasteiger partial charge on any atom is -0.508 e. The summed E-state index contributed by atoms with van der Waals surface area (Å²) >= 11 is 0. The summed E-state index contributed by atoms with van der Waals surface area (Å²) in [6, 6.07) is 5.68. The van der Waals surface area contributed by atoms with E-state index in [2.05, 4.69) is 6.58 Å². The Morgan fingerprint density at radius 2 is 1.46 bits per heavy atom. The largest absolute Gasteiger partial charge is 0.508 e. The van der Waals surface area contributed by atoms with Gasteiger partial charge in [0.05, 0.1) is 17.3 Å². The van der Waals surface area contributed by atoms with Crippen molar-refractivity contribution in [1.82, 2.24) is 0 Å². The molecule has 0 fully saturated rings. The van der Waals surface area contributed by atoms with E-state index in [0.717, 1.165) is 44.9 Å². The first-order valence-electron chi connectivity index (χ1n) is 9.17. The highest BCUT2D eigenvalue weighted by atomic mass is 32.2. The van der Waals surface area contributed by atoms with E-state index in [1.807, 2.05) is 0 Å². The Morgan fingerprint density at radius 3 is 2.00 bits per heavy atom. The number of benzene rings is 1. The van der Waals surface area contributed by atoms with Crippen molar-refractivity contribution in [3.63, 3.8) is 0 Å². The number of phenols is 1. The average molecular weight is 383 g/mol. The van der Waals surface area contributed by atoms with Gasteiger partial charge in [-0.1, -0.05) is 45.1 Å². The van der Waals surface area contributed by atoms with E-state index in [9.17, 15) is 18.3 Å². The van der Waals surface area contributed by atoms with Gasteiger partial charge in [-0.25, -0.2) is 13.2 Å². The van der Waals surface area contributed by atoms with Crippen LogP contribution in [0.4, 0.5) is 0 Å². The van der Waals surface area contributed by atoms with Gasteiger partial charge in [0.1, 0.15) is 5.75 Å². The molecule has 146 valence electrons. The second kappa shape index (κ2) is 11.7. The Kier molecular flexibility index (Phi) is 10.0. The topological polar surface area (TPSA) is 80.7 Å². The molecule has 0 aliphatic rings. The standard InChI is InChI=1S/C20H30O5S/c1-17(2)20(22)25-15-9-7-5-3-4-6-8-10-16-26(23,24)19-13-11-18(21)12-14-19/h11-14,21H,1,3-10,15-16H2,2H3. The summed E-state index contributed by atoms with van der Waals surface area (Å²) in [6.07, 6.45) is 7.76. The van der Waals surface area contributed by atoms with Crippen molar-refractivity contribution in [2.24, 2.45) is 0 Å². The number of ether oxygens (including phenoxy) is 1. The number of unbranched alkanes of at least 4 members (excludes halogenated alkanes) is 7. The molecule has 0 amide bonds. The number of hydrogen-bond donors (Lipinski definition) is 1. The number of sulfone groups is 1. The number of aromatic hydroxyl groups is 1. The van der Waals surface area contributed by atoms with Crippen LogP contribution in [0.25, 0.3) is 0 Å². The maximum atomic E-state index is 12.1. The lowest BCUT2D eigenvalue weighted by molar-refractivity contribution is -0.139. The molecule has 1 aromatic rings. The SMILES string of the molecule is C=C(C)C(=O)OCCCCCCCCCCS(=O)(=O)c1ccc(O)cc1. The smallest absolute Gasteiger partial charge is 0.333 e. The molecule has 0 aliphatic carbocycles. The Labute approximate surface area is 157 Å². The highest BCUT2D eigenvalue weighted by molar-refractivity contribution is 7.91. The number of hydrogen-bond acceptors (Lipinski definition) is 5. The maximum Gasteiger partial charge on any atom is 0.333 e. The molecule has 1 N–H and O–H groups in total. The summed E-state index contributed by atoms with van der Waals surface area (Å²) in [5, 5.41) is 9.21. The molecule has 0 aliphatic heterocycles. The van der Waals surface area contributed by atoms with Crippen molar-refractivity contribution >= 4 is 15.8 Å². The highest BCUT2D eigenvalue weighted by Crippen LogP contribution is 2.17. The van der Waals surface area contributed by atoms with Gasteiger partial charge in [0.25, 0.3) is 0 Å². The molecular formula is C20H30O5S. The number of esters is 1. The molecule has 0 unspecified atom stereocenters. The van der Waals surface area contributed by atoms with E-state index in [1.54, 1.807) is 6.92 Å². The number of phenolic OH excluding ortho intramolecular Hbond substituents is 1. The second-order valence-corrected chi connectivity index (χ2v) is 8.67. The molecule has 1 rings (SSSR count). The van der Waals surface area contributed by atoms with Crippen LogP contribution < -0.4 is 0 Å². The fraction of sp³-hybridized carbons (Fsp3) is 0.550. The first-order valence-corrected chi connectivity index (χ1v) is 10.8. The summed E-state index contributed by atoms with van der Waals surface area (Å²) in [5.74, 6) is -0.114. The molecule has 0 atom stereocenters. The molecule has 0 bridgehead atoms. The van der Waals surface area contributed by atoms with E-state index < -0.39 is 9.84 Å². The lowest BCUT2D eigenvalue weighted by Gasteiger charge is -2.06. The van der Waals surface area contributed by atoms with Crippen LogP contribution in [-0.4, -0.2) is 31.9 Å². The normalized spacial score (nSPS) is 11.3. The lowest BCUT2D eigenvalue weighted by atomic mass is 10.1. The van der Waals surface area contributed by atoms with E-state index in [4.69, 9.17) is 4.74 Å². The van der Waals surface area contributed by atoms with Crippen LogP contribution in [0.1, 0.15) is 58.3 Å². The quantitative estimate of drug-likeness (QED) is 0.310. The molecule has 0 heterocycles. The van der Waals surface area contributed by atoms with Crippen LogP contribution in [0, 0.1) is 0 Å². The Balaban J connectivity index is 2.01. The van der Waals surface area contributed by atoms with Gasteiger partial charge < -0.3 is 9.84 Å². The van der Waals surface area contributed by atoms with Crippen LogP contribution in [-0.2, 0) is 19.4 Å². The van der Waals surface area contributed by atoms with Crippen molar-refractivity contribution in [1.29, 1.82) is 0 Å². The molecule has 0 saturated carbocycles. The zero-order valence-electron chi connectivity index (χ0n) is 15.6. The summed E-state index contributed by atoms with van der Waals surface area (Å²) in [4.78, 5) is 11.4. The average Bonchev–Trinajstić information content (AvgIpc) is 2.59. The Morgan fingerprint density at radius 1 is 0.962 bits per heavy atom. The van der Waals surface area contributed by atoms with E-state index >= 15 is 0 Å². The third kappa shape index (κ3) is 9.04. The lowest BCUT2D eigenvalue weighted by Crippen LogP contribution is -2.06. The monoisotopic (exact) mass is 382 g/mol. The molecular weight excluding hydrogens is 352 g/mol. The van der Waals surface area contributed by atoms with Crippen molar-refractivity contribution in [2.75, 3.05) is 12.4 Å². The zero-order valence-corrected chi connectivity index (χ0v) is 16.4. The first kappa shape index (κ1) is 22.2. The van der Waals surface area contributed by atoms with Gasteiger partial charge in [0.15, 0.2) is 9.84 Å². The molecule has 26 heavy (non-hydrogen) atoms. The molecule has 0 spiro atoms. The van der Waals surface area contributed by atoms with Crippen LogP contribution >= 0.6 is 0 Å². The first-order chi connectivity index (χ1) is 12.3. The van der Waals surface area contributed by atoms with Crippen LogP contribution in [0.3, 0.4) is 0 Å². The predicted octanol–water partition coefficient (Wildman–Crippen LogP) is 4.41. The van der Waals surface area contributed by atoms with Crippen LogP contribution in [0.5, 0.6) is 5.75 Å². The van der Waals surface area contributed by atoms with Gasteiger partial charge in [-0.05, 0) is 44.0 Å². The summed E-state index contributed by atoms with van der Waals surface area (Å²) in [6.45, 7) is 5.61. The minimum absolute atomic E-state index is 0.0675. The van der Waals surface area contributed by atoms with Crippen molar-refractivity contribution in [3.05, 3.63) is 36.4 Å².